The largest absolute Gasteiger partial charge is 0.465 e. The van der Waals surface area contributed by atoms with Gasteiger partial charge in [-0.15, -0.1) is 0 Å². The number of carboxylic acid groups (broad SMARTS) is 1. The number of halogens is 1. The Morgan fingerprint density at radius 2 is 2.09 bits per heavy atom. The summed E-state index contributed by atoms with van der Waals surface area (Å²) < 4.78 is 21.0. The Balaban J connectivity index is 1.79. The van der Waals surface area contributed by atoms with Gasteiger partial charge in [-0.05, 0) is 24.1 Å². The van der Waals surface area contributed by atoms with E-state index < -0.39 is 29.0 Å². The molecule has 1 atom stereocenters. The van der Waals surface area contributed by atoms with E-state index in [0.717, 1.165) is 6.07 Å². The van der Waals surface area contributed by atoms with Crippen molar-refractivity contribution in [1.82, 2.24) is 9.55 Å². The molecule has 0 saturated carbocycles. The van der Waals surface area contributed by atoms with Crippen LogP contribution in [0.25, 0.3) is 22.3 Å². The summed E-state index contributed by atoms with van der Waals surface area (Å²) in [4.78, 5) is 41.1. The first-order chi connectivity index (χ1) is 15.7. The molecule has 33 heavy (non-hydrogen) atoms. The predicted molar refractivity (Wildman–Crippen MR) is 114 cm³/mol. The lowest BCUT2D eigenvalue weighted by molar-refractivity contribution is -0.172. The van der Waals surface area contributed by atoms with Gasteiger partial charge in [0.25, 0.3) is 5.56 Å². The zero-order chi connectivity index (χ0) is 23.7. The van der Waals surface area contributed by atoms with E-state index in [1.54, 1.807) is 13.0 Å². The molecule has 0 spiro atoms. The fourth-order valence-electron chi connectivity index (χ4n) is 4.63. The molecule has 5 rings (SSSR count). The lowest BCUT2D eigenvalue weighted by Crippen LogP contribution is -2.44. The molecule has 0 radical (unpaired) electrons. The van der Waals surface area contributed by atoms with Crippen molar-refractivity contribution in [3.05, 3.63) is 56.6 Å². The minimum atomic E-state index is -1.96. The number of anilines is 1. The van der Waals surface area contributed by atoms with Gasteiger partial charge in [0.05, 0.1) is 34.7 Å². The van der Waals surface area contributed by atoms with Crippen molar-refractivity contribution in [3.8, 4) is 11.4 Å². The number of benzene rings is 1. The van der Waals surface area contributed by atoms with Gasteiger partial charge in [0.15, 0.2) is 5.60 Å². The molecule has 5 N–H and O–H groups in total. The molecule has 10 nitrogen and oxygen atoms in total. The zero-order valence-corrected chi connectivity index (χ0v) is 17.4. The van der Waals surface area contributed by atoms with E-state index >= 15 is 0 Å². The number of ether oxygens (including phenoxy) is 1. The molecule has 0 unspecified atom stereocenters. The van der Waals surface area contributed by atoms with Crippen molar-refractivity contribution in [2.75, 3.05) is 5.32 Å². The number of rotatable bonds is 3. The van der Waals surface area contributed by atoms with Crippen LogP contribution in [0.5, 0.6) is 0 Å². The number of nitrogens with one attached hydrogen (secondary N) is 1. The molecule has 4 heterocycles. The topological polar surface area (TPSA) is 157 Å². The number of carbonyl (C=O) groups is 2. The highest BCUT2D eigenvalue weighted by atomic mass is 19.1. The summed E-state index contributed by atoms with van der Waals surface area (Å²) in [7, 11) is 0. The first-order valence-electron chi connectivity index (χ1n) is 10.2. The van der Waals surface area contributed by atoms with Gasteiger partial charge < -0.3 is 25.3 Å². The third kappa shape index (κ3) is 2.86. The Kier molecular flexibility index (Phi) is 4.52. The van der Waals surface area contributed by atoms with Gasteiger partial charge in [-0.3, -0.25) is 10.1 Å². The number of esters is 1. The summed E-state index contributed by atoms with van der Waals surface area (Å²) in [6.45, 7) is 1.52. The molecule has 170 valence electrons. The van der Waals surface area contributed by atoms with Crippen molar-refractivity contribution in [3.63, 3.8) is 0 Å². The average Bonchev–Trinajstić information content (AvgIpc) is 3.14. The van der Waals surface area contributed by atoms with Gasteiger partial charge in [-0.1, -0.05) is 6.92 Å². The van der Waals surface area contributed by atoms with E-state index in [0.29, 0.717) is 27.9 Å². The number of hydrogen-bond acceptors (Lipinski definition) is 7. The number of nitrogens with zero attached hydrogens (tertiary/aromatic N) is 2. The summed E-state index contributed by atoms with van der Waals surface area (Å²) >= 11 is 0. The van der Waals surface area contributed by atoms with Crippen LogP contribution in [0.1, 0.15) is 35.6 Å². The number of hydrogen-bond donors (Lipinski definition) is 4. The van der Waals surface area contributed by atoms with Crippen molar-refractivity contribution < 1.29 is 28.9 Å². The van der Waals surface area contributed by atoms with Gasteiger partial charge in [0.2, 0.25) is 0 Å². The Hall–Kier alpha value is -3.83. The summed E-state index contributed by atoms with van der Waals surface area (Å²) in [6, 6.07) is 3.98. The third-order valence-corrected chi connectivity index (χ3v) is 6.34. The molecule has 0 bridgehead atoms. The smallest absolute Gasteiger partial charge is 0.409 e. The van der Waals surface area contributed by atoms with E-state index in [9.17, 15) is 23.9 Å². The van der Waals surface area contributed by atoms with Gasteiger partial charge in [0.1, 0.15) is 12.4 Å². The second-order valence-electron chi connectivity index (χ2n) is 8.00. The zero-order valence-electron chi connectivity index (χ0n) is 17.4. The van der Waals surface area contributed by atoms with E-state index in [4.69, 9.17) is 15.6 Å². The van der Waals surface area contributed by atoms with Crippen LogP contribution in [0.3, 0.4) is 0 Å². The minimum absolute atomic E-state index is 0.0123. The van der Waals surface area contributed by atoms with Gasteiger partial charge in [0, 0.05) is 29.1 Å². The fraction of sp³-hybridized carbons (Fsp3) is 0.273. The van der Waals surface area contributed by atoms with Gasteiger partial charge in [-0.2, -0.15) is 0 Å². The van der Waals surface area contributed by atoms with Crippen molar-refractivity contribution in [1.29, 1.82) is 0 Å². The Morgan fingerprint density at radius 3 is 2.76 bits per heavy atom. The molecule has 2 aliphatic heterocycles. The summed E-state index contributed by atoms with van der Waals surface area (Å²) in [5.41, 5.74) is 5.96. The predicted octanol–water partition coefficient (Wildman–Crippen LogP) is 1.77. The quantitative estimate of drug-likeness (QED) is 0.341. The number of pyridine rings is 2. The second kappa shape index (κ2) is 7.09. The molecular formula is C22H19FN4O6. The molecule has 1 amide bonds. The maximum absolute atomic E-state index is 14.5. The maximum Gasteiger partial charge on any atom is 0.409 e. The molecule has 2 aromatic heterocycles. The number of carbonyl (C=O) groups excluding carboxylic acids is 1. The van der Waals surface area contributed by atoms with Crippen LogP contribution in [0.2, 0.25) is 0 Å². The molecule has 0 saturated heterocycles. The summed E-state index contributed by atoms with van der Waals surface area (Å²) in [5.74, 6) is -1.64. The summed E-state index contributed by atoms with van der Waals surface area (Å²) in [5, 5.41) is 22.4. The van der Waals surface area contributed by atoms with Crippen LogP contribution in [0, 0.1) is 5.82 Å². The van der Waals surface area contributed by atoms with Crippen LogP contribution < -0.4 is 16.6 Å². The van der Waals surface area contributed by atoms with E-state index in [-0.39, 0.29) is 48.4 Å². The number of nitrogens with two attached hydrogens (primary N) is 1. The van der Waals surface area contributed by atoms with Crippen molar-refractivity contribution >= 4 is 28.7 Å². The lowest BCUT2D eigenvalue weighted by atomic mass is 9.86. The molecule has 11 heteroatoms. The number of amides is 1. The third-order valence-electron chi connectivity index (χ3n) is 6.34. The highest BCUT2D eigenvalue weighted by molar-refractivity contribution is 5.93. The molecule has 0 aliphatic carbocycles. The van der Waals surface area contributed by atoms with Gasteiger partial charge in [-0.25, -0.2) is 19.0 Å². The average molecular weight is 454 g/mol. The van der Waals surface area contributed by atoms with E-state index in [1.807, 2.05) is 5.32 Å². The monoisotopic (exact) mass is 454 g/mol. The number of fused-ring (bicyclic) bond motifs is 5. The van der Waals surface area contributed by atoms with E-state index in [2.05, 4.69) is 4.98 Å². The fourth-order valence-corrected chi connectivity index (χ4v) is 4.63. The van der Waals surface area contributed by atoms with Crippen LogP contribution in [-0.2, 0) is 34.8 Å². The number of cyclic esters (lactones) is 1. The SMILES string of the molecule is CC[C@@]1(O)C(=O)OCc2c1cc1n(c2=O)Cc2c-1nc1cc(F)c(NC(=O)O)cc1c2CN. The lowest BCUT2D eigenvalue weighted by Gasteiger charge is -2.31. The summed E-state index contributed by atoms with van der Waals surface area (Å²) in [6.07, 6.45) is -1.40. The standard InChI is InChI=1S/C22H19FN4O6/c1-2-22(32)13-4-17-18-11(7-27(17)19(28)12(13)8-33-20(22)29)10(6-24)9-3-16(26-21(30)31)14(23)5-15(9)25-18/h3-5,26,32H,2,6-8,24H2,1H3,(H,30,31)/t22-/m0/s1. The van der Waals surface area contributed by atoms with Crippen LogP contribution >= 0.6 is 0 Å². The Bertz CT molecular complexity index is 1450. The minimum Gasteiger partial charge on any atom is -0.465 e. The molecular weight excluding hydrogens is 435 g/mol. The maximum atomic E-state index is 14.5. The van der Waals surface area contributed by atoms with Crippen molar-refractivity contribution in [2.24, 2.45) is 5.73 Å². The Labute approximate surface area is 185 Å². The molecule has 0 fully saturated rings. The molecule has 1 aromatic carbocycles. The number of aromatic nitrogens is 2. The van der Waals surface area contributed by atoms with Crippen LogP contribution in [-0.4, -0.2) is 31.8 Å². The number of aliphatic hydroxyl groups is 1. The van der Waals surface area contributed by atoms with Crippen molar-refractivity contribution in [2.45, 2.75) is 38.6 Å². The molecule has 3 aromatic rings. The van der Waals surface area contributed by atoms with E-state index in [1.165, 1.54) is 10.6 Å². The Morgan fingerprint density at radius 1 is 1.33 bits per heavy atom. The van der Waals surface area contributed by atoms with Crippen LogP contribution in [0.4, 0.5) is 14.9 Å². The first kappa shape index (κ1) is 21.0. The highest BCUT2D eigenvalue weighted by Gasteiger charge is 2.45. The van der Waals surface area contributed by atoms with Crippen LogP contribution in [0.15, 0.2) is 23.0 Å². The second-order valence-corrected chi connectivity index (χ2v) is 8.00. The highest BCUT2D eigenvalue weighted by Crippen LogP contribution is 2.40. The van der Waals surface area contributed by atoms with Gasteiger partial charge >= 0.3 is 12.1 Å². The first-order valence-corrected chi connectivity index (χ1v) is 10.2. The molecule has 2 aliphatic rings. The normalized spacial score (nSPS) is 18.5.